The van der Waals surface area contributed by atoms with Gasteiger partial charge in [0.2, 0.25) is 0 Å². The van der Waals surface area contributed by atoms with Gasteiger partial charge < -0.3 is 4.40 Å². The van der Waals surface area contributed by atoms with Crippen molar-refractivity contribution >= 4 is 33.2 Å². The van der Waals surface area contributed by atoms with Crippen molar-refractivity contribution in [3.8, 4) is 0 Å². The Morgan fingerprint density at radius 1 is 1.41 bits per heavy atom. The Labute approximate surface area is 114 Å². The SMILES string of the molecule is Brc1ccc2cnc(CC3CCCCS3)n2c1. The van der Waals surface area contributed by atoms with Crippen molar-refractivity contribution in [2.75, 3.05) is 5.75 Å². The van der Waals surface area contributed by atoms with E-state index in [2.05, 4.69) is 55.4 Å². The van der Waals surface area contributed by atoms with Crippen molar-refractivity contribution in [3.05, 3.63) is 34.8 Å². The van der Waals surface area contributed by atoms with Gasteiger partial charge >= 0.3 is 0 Å². The van der Waals surface area contributed by atoms with E-state index in [0.717, 1.165) is 16.1 Å². The van der Waals surface area contributed by atoms with E-state index in [0.29, 0.717) is 0 Å². The quantitative estimate of drug-likeness (QED) is 0.836. The van der Waals surface area contributed by atoms with Crippen molar-refractivity contribution < 1.29 is 0 Å². The minimum Gasteiger partial charge on any atom is -0.303 e. The number of fused-ring (bicyclic) bond motifs is 1. The molecule has 90 valence electrons. The van der Waals surface area contributed by atoms with Crippen LogP contribution in [0, 0.1) is 0 Å². The third kappa shape index (κ3) is 2.52. The molecule has 2 nitrogen and oxygen atoms in total. The van der Waals surface area contributed by atoms with Crippen LogP contribution >= 0.6 is 27.7 Å². The normalized spacial score (nSPS) is 20.9. The van der Waals surface area contributed by atoms with Crippen LogP contribution in [0.1, 0.15) is 25.1 Å². The third-order valence-electron chi connectivity index (χ3n) is 3.25. The van der Waals surface area contributed by atoms with Crippen LogP contribution in [-0.4, -0.2) is 20.4 Å². The van der Waals surface area contributed by atoms with Gasteiger partial charge in [0.1, 0.15) is 5.82 Å². The largest absolute Gasteiger partial charge is 0.303 e. The van der Waals surface area contributed by atoms with Crippen molar-refractivity contribution in [1.29, 1.82) is 0 Å². The van der Waals surface area contributed by atoms with E-state index in [-0.39, 0.29) is 0 Å². The molecular weight excluding hydrogens is 296 g/mol. The van der Waals surface area contributed by atoms with Gasteiger partial charge in [0, 0.05) is 22.3 Å². The number of hydrogen-bond donors (Lipinski definition) is 0. The van der Waals surface area contributed by atoms with Crippen molar-refractivity contribution in [2.45, 2.75) is 30.9 Å². The molecule has 1 aliphatic heterocycles. The second-order valence-corrected chi connectivity index (χ2v) is 6.83. The van der Waals surface area contributed by atoms with Crippen LogP contribution < -0.4 is 0 Å². The maximum Gasteiger partial charge on any atom is 0.114 e. The van der Waals surface area contributed by atoms with Gasteiger partial charge in [0.05, 0.1) is 11.7 Å². The summed E-state index contributed by atoms with van der Waals surface area (Å²) in [7, 11) is 0. The molecule has 17 heavy (non-hydrogen) atoms. The Balaban J connectivity index is 1.86. The standard InChI is InChI=1S/C13H15BrN2S/c14-10-4-5-11-8-15-13(16(11)9-10)7-12-3-1-2-6-17-12/h4-5,8-9,12H,1-3,6-7H2. The summed E-state index contributed by atoms with van der Waals surface area (Å²) in [6, 6.07) is 4.17. The molecule has 2 aromatic heterocycles. The molecule has 0 spiro atoms. The lowest BCUT2D eigenvalue weighted by Gasteiger charge is -2.20. The molecule has 0 N–H and O–H groups in total. The van der Waals surface area contributed by atoms with Crippen molar-refractivity contribution in [1.82, 2.24) is 9.38 Å². The fraction of sp³-hybridized carbons (Fsp3) is 0.462. The number of rotatable bonds is 2. The average Bonchev–Trinajstić information content (AvgIpc) is 2.73. The molecule has 3 heterocycles. The number of hydrogen-bond acceptors (Lipinski definition) is 2. The molecule has 0 saturated carbocycles. The van der Waals surface area contributed by atoms with Crippen molar-refractivity contribution in [3.63, 3.8) is 0 Å². The van der Waals surface area contributed by atoms with Crippen LogP contribution in [0.15, 0.2) is 29.0 Å². The zero-order valence-corrected chi connectivity index (χ0v) is 12.0. The molecule has 3 rings (SSSR count). The lowest BCUT2D eigenvalue weighted by molar-refractivity contribution is 0.646. The number of nitrogens with zero attached hydrogens (tertiary/aromatic N) is 2. The topological polar surface area (TPSA) is 17.3 Å². The highest BCUT2D eigenvalue weighted by Crippen LogP contribution is 2.28. The number of halogens is 1. The third-order valence-corrected chi connectivity index (χ3v) is 5.12. The maximum absolute atomic E-state index is 4.56. The van der Waals surface area contributed by atoms with Gasteiger partial charge in [0.25, 0.3) is 0 Å². The fourth-order valence-corrected chi connectivity index (χ4v) is 3.98. The van der Waals surface area contributed by atoms with Crippen LogP contribution in [0.2, 0.25) is 0 Å². The summed E-state index contributed by atoms with van der Waals surface area (Å²) in [6.45, 7) is 0. The van der Waals surface area contributed by atoms with Crippen LogP contribution in [0.25, 0.3) is 5.52 Å². The minimum absolute atomic E-state index is 0.758. The second kappa shape index (κ2) is 5.02. The zero-order valence-electron chi connectivity index (χ0n) is 9.60. The first kappa shape index (κ1) is 11.6. The number of imidazole rings is 1. The first-order chi connectivity index (χ1) is 8.33. The van der Waals surface area contributed by atoms with Crippen LogP contribution in [0.3, 0.4) is 0 Å². The van der Waals surface area contributed by atoms with E-state index >= 15 is 0 Å². The summed E-state index contributed by atoms with van der Waals surface area (Å²) in [6.07, 6.45) is 9.28. The highest BCUT2D eigenvalue weighted by molar-refractivity contribution is 9.10. The average molecular weight is 311 g/mol. The van der Waals surface area contributed by atoms with E-state index in [1.165, 1.54) is 36.4 Å². The number of pyridine rings is 1. The minimum atomic E-state index is 0.758. The molecule has 0 amide bonds. The monoisotopic (exact) mass is 310 g/mol. The summed E-state index contributed by atoms with van der Waals surface area (Å²) in [5.74, 6) is 2.51. The van der Waals surface area contributed by atoms with E-state index in [4.69, 9.17) is 0 Å². The highest BCUT2D eigenvalue weighted by Gasteiger charge is 2.16. The molecule has 0 bridgehead atoms. The van der Waals surface area contributed by atoms with Gasteiger partial charge in [-0.15, -0.1) is 0 Å². The van der Waals surface area contributed by atoms with Gasteiger partial charge in [-0.25, -0.2) is 4.98 Å². The van der Waals surface area contributed by atoms with E-state index in [9.17, 15) is 0 Å². The Hall–Kier alpha value is -0.480. The lowest BCUT2D eigenvalue weighted by atomic mass is 10.1. The Morgan fingerprint density at radius 2 is 2.35 bits per heavy atom. The lowest BCUT2D eigenvalue weighted by Crippen LogP contribution is -2.14. The molecule has 2 aromatic rings. The van der Waals surface area contributed by atoms with Gasteiger partial charge in [-0.3, -0.25) is 0 Å². The zero-order chi connectivity index (χ0) is 11.7. The molecule has 1 saturated heterocycles. The molecule has 1 unspecified atom stereocenters. The van der Waals surface area contributed by atoms with Gasteiger partial charge in [-0.2, -0.15) is 11.8 Å². The molecule has 1 atom stereocenters. The Bertz CT molecular complexity index is 517. The van der Waals surface area contributed by atoms with Gasteiger partial charge in [-0.1, -0.05) is 6.42 Å². The first-order valence-corrected chi connectivity index (χ1v) is 7.90. The van der Waals surface area contributed by atoms with Crippen LogP contribution in [0.4, 0.5) is 0 Å². The van der Waals surface area contributed by atoms with E-state index < -0.39 is 0 Å². The second-order valence-electron chi connectivity index (χ2n) is 4.51. The molecule has 1 fully saturated rings. The molecule has 1 aliphatic rings. The first-order valence-electron chi connectivity index (χ1n) is 6.06. The molecule has 0 aromatic carbocycles. The molecular formula is C13H15BrN2S. The Morgan fingerprint density at radius 3 is 3.18 bits per heavy atom. The summed E-state index contributed by atoms with van der Waals surface area (Å²) < 4.78 is 3.32. The number of thioether (sulfide) groups is 1. The summed E-state index contributed by atoms with van der Waals surface area (Å²) >= 11 is 5.63. The molecule has 0 aliphatic carbocycles. The summed E-state index contributed by atoms with van der Waals surface area (Å²) in [5, 5.41) is 0.758. The van der Waals surface area contributed by atoms with E-state index in [1.54, 1.807) is 0 Å². The molecule has 0 radical (unpaired) electrons. The smallest absolute Gasteiger partial charge is 0.114 e. The predicted octanol–water partition coefficient (Wildman–Crippen LogP) is 3.93. The Kier molecular flexibility index (Phi) is 3.43. The van der Waals surface area contributed by atoms with E-state index in [1.807, 2.05) is 6.20 Å². The summed E-state index contributed by atoms with van der Waals surface area (Å²) in [5.41, 5.74) is 1.18. The van der Waals surface area contributed by atoms with Crippen LogP contribution in [0.5, 0.6) is 0 Å². The van der Waals surface area contributed by atoms with Gasteiger partial charge in [0.15, 0.2) is 0 Å². The molecule has 4 heteroatoms. The number of aromatic nitrogens is 2. The van der Waals surface area contributed by atoms with Crippen molar-refractivity contribution in [2.24, 2.45) is 0 Å². The summed E-state index contributed by atoms with van der Waals surface area (Å²) in [4.78, 5) is 4.56. The fourth-order valence-electron chi connectivity index (χ4n) is 2.34. The van der Waals surface area contributed by atoms with Crippen LogP contribution in [-0.2, 0) is 6.42 Å². The van der Waals surface area contributed by atoms with Gasteiger partial charge in [-0.05, 0) is 46.7 Å². The predicted molar refractivity (Wildman–Crippen MR) is 76.7 cm³/mol. The highest BCUT2D eigenvalue weighted by atomic mass is 79.9. The maximum atomic E-state index is 4.56.